The van der Waals surface area contributed by atoms with Gasteiger partial charge in [-0.15, -0.1) is 0 Å². The summed E-state index contributed by atoms with van der Waals surface area (Å²) in [5.74, 6) is 0.734. The van der Waals surface area contributed by atoms with Crippen molar-refractivity contribution >= 4 is 26.8 Å². The number of aromatic nitrogens is 1. The van der Waals surface area contributed by atoms with Gasteiger partial charge in [0, 0.05) is 38.3 Å². The maximum Gasteiger partial charge on any atom is 0.251 e. The summed E-state index contributed by atoms with van der Waals surface area (Å²) in [5.41, 5.74) is 0.922. The molecule has 0 spiro atoms. The third kappa shape index (κ3) is 3.19. The van der Waals surface area contributed by atoms with Crippen LogP contribution in [-0.4, -0.2) is 49.4 Å². The number of halogens is 1. The Morgan fingerprint density at radius 1 is 1.23 bits per heavy atom. The van der Waals surface area contributed by atoms with E-state index in [0.29, 0.717) is 6.54 Å². The van der Waals surface area contributed by atoms with Crippen molar-refractivity contribution in [3.05, 3.63) is 39.1 Å². The monoisotopic (exact) mass is 366 g/mol. The Kier molecular flexibility index (Phi) is 4.81. The first kappa shape index (κ1) is 15.5. The number of rotatable bonds is 4. The van der Waals surface area contributed by atoms with Gasteiger partial charge in [-0.25, -0.2) is 0 Å². The maximum atomic E-state index is 12.3. The van der Waals surface area contributed by atoms with Crippen molar-refractivity contribution in [3.8, 4) is 5.75 Å². The topological polar surface area (TPSA) is 43.7 Å². The van der Waals surface area contributed by atoms with Gasteiger partial charge in [-0.05, 0) is 33.4 Å². The molecule has 3 rings (SSSR count). The fraction of sp³-hybridized carbons (Fsp3) is 0.438. The number of methoxy groups -OCH3 is 1. The Hall–Kier alpha value is -1.37. The van der Waals surface area contributed by atoms with E-state index in [1.165, 1.54) is 0 Å². The highest BCUT2D eigenvalue weighted by molar-refractivity contribution is 9.10. The Bertz CT molecular complexity index is 723. The van der Waals surface area contributed by atoms with Crippen LogP contribution in [-0.2, 0) is 11.3 Å². The van der Waals surface area contributed by atoms with E-state index in [1.54, 1.807) is 13.2 Å². The summed E-state index contributed by atoms with van der Waals surface area (Å²) in [7, 11) is 1.63. The molecule has 6 heteroatoms. The molecular formula is C16H19BrN2O3. The van der Waals surface area contributed by atoms with E-state index in [2.05, 4.69) is 20.8 Å². The predicted octanol–water partition coefficient (Wildman–Crippen LogP) is 2.10. The maximum absolute atomic E-state index is 12.3. The number of hydrogen-bond donors (Lipinski definition) is 0. The van der Waals surface area contributed by atoms with Gasteiger partial charge in [-0.1, -0.05) is 0 Å². The molecule has 0 atom stereocenters. The average molecular weight is 367 g/mol. The summed E-state index contributed by atoms with van der Waals surface area (Å²) in [4.78, 5) is 14.6. The zero-order valence-electron chi connectivity index (χ0n) is 12.5. The minimum atomic E-state index is 0.0186. The molecule has 2 heterocycles. The Morgan fingerprint density at radius 3 is 2.73 bits per heavy atom. The highest BCUT2D eigenvalue weighted by Gasteiger charge is 2.12. The second kappa shape index (κ2) is 6.81. The van der Waals surface area contributed by atoms with Crippen LogP contribution < -0.4 is 10.3 Å². The highest BCUT2D eigenvalue weighted by atomic mass is 79.9. The van der Waals surface area contributed by atoms with Crippen LogP contribution in [0.5, 0.6) is 5.75 Å². The molecule has 1 aromatic carbocycles. The number of nitrogens with zero attached hydrogens (tertiary/aromatic N) is 2. The predicted molar refractivity (Wildman–Crippen MR) is 89.7 cm³/mol. The summed E-state index contributed by atoms with van der Waals surface area (Å²) in [6, 6.07) is 7.38. The van der Waals surface area contributed by atoms with Crippen LogP contribution in [0.1, 0.15) is 0 Å². The molecule has 0 unspecified atom stereocenters. The summed E-state index contributed by atoms with van der Waals surface area (Å²) in [6.07, 6.45) is 0. The molecule has 0 bridgehead atoms. The highest BCUT2D eigenvalue weighted by Crippen LogP contribution is 2.29. The number of pyridine rings is 1. The summed E-state index contributed by atoms with van der Waals surface area (Å²) in [6.45, 7) is 4.90. The molecule has 1 aliphatic rings. The lowest BCUT2D eigenvalue weighted by molar-refractivity contribution is 0.0364. The van der Waals surface area contributed by atoms with Crippen LogP contribution in [0.2, 0.25) is 0 Å². The number of ether oxygens (including phenoxy) is 2. The Morgan fingerprint density at radius 2 is 2.00 bits per heavy atom. The van der Waals surface area contributed by atoms with Crippen LogP contribution in [0.3, 0.4) is 0 Å². The minimum absolute atomic E-state index is 0.0186. The van der Waals surface area contributed by atoms with Gasteiger partial charge in [0.15, 0.2) is 0 Å². The molecule has 0 aliphatic carbocycles. The Labute approximate surface area is 137 Å². The molecule has 1 aromatic heterocycles. The molecule has 118 valence electrons. The van der Waals surface area contributed by atoms with Gasteiger partial charge in [-0.3, -0.25) is 9.69 Å². The summed E-state index contributed by atoms with van der Waals surface area (Å²) < 4.78 is 13.4. The van der Waals surface area contributed by atoms with Gasteiger partial charge in [0.1, 0.15) is 5.75 Å². The third-order valence-electron chi connectivity index (χ3n) is 4.01. The van der Waals surface area contributed by atoms with Gasteiger partial charge in [0.2, 0.25) is 0 Å². The Balaban J connectivity index is 1.92. The molecule has 1 aliphatic heterocycles. The van der Waals surface area contributed by atoms with Crippen molar-refractivity contribution < 1.29 is 9.47 Å². The lowest BCUT2D eigenvalue weighted by Gasteiger charge is -2.27. The van der Waals surface area contributed by atoms with Crippen molar-refractivity contribution in [2.24, 2.45) is 0 Å². The first-order valence-corrected chi connectivity index (χ1v) is 8.15. The lowest BCUT2D eigenvalue weighted by Crippen LogP contribution is -2.39. The SMILES string of the molecule is COc1cc2c(ccc(=O)n2CCN2CCOCC2)cc1Br. The number of hydrogen-bond acceptors (Lipinski definition) is 4. The van der Waals surface area contributed by atoms with Crippen molar-refractivity contribution in [3.63, 3.8) is 0 Å². The van der Waals surface area contributed by atoms with Crippen molar-refractivity contribution in [2.75, 3.05) is 40.0 Å². The first-order valence-electron chi connectivity index (χ1n) is 7.36. The zero-order valence-corrected chi connectivity index (χ0v) is 14.1. The molecule has 0 radical (unpaired) electrons. The van der Waals surface area contributed by atoms with Crippen molar-refractivity contribution in [1.29, 1.82) is 0 Å². The summed E-state index contributed by atoms with van der Waals surface area (Å²) >= 11 is 3.49. The third-order valence-corrected chi connectivity index (χ3v) is 4.63. The normalized spacial score (nSPS) is 16.1. The summed E-state index contributed by atoms with van der Waals surface area (Å²) in [5, 5.41) is 1.02. The molecule has 22 heavy (non-hydrogen) atoms. The average Bonchev–Trinajstić information content (AvgIpc) is 2.54. The van der Waals surface area contributed by atoms with Gasteiger partial charge in [0.05, 0.1) is 30.3 Å². The quantitative estimate of drug-likeness (QED) is 0.830. The second-order valence-corrected chi connectivity index (χ2v) is 6.18. The molecule has 5 nitrogen and oxygen atoms in total. The van der Waals surface area contributed by atoms with Crippen LogP contribution >= 0.6 is 15.9 Å². The molecule has 0 saturated carbocycles. The molecule has 0 N–H and O–H groups in total. The van der Waals surface area contributed by atoms with Crippen LogP contribution in [0, 0.1) is 0 Å². The molecule has 1 fully saturated rings. The molecule has 1 saturated heterocycles. The first-order chi connectivity index (χ1) is 10.7. The van der Waals surface area contributed by atoms with Gasteiger partial charge in [0.25, 0.3) is 5.56 Å². The number of benzene rings is 1. The van der Waals surface area contributed by atoms with E-state index < -0.39 is 0 Å². The standard InChI is InChI=1S/C16H19BrN2O3/c1-21-15-11-14-12(10-13(15)17)2-3-16(20)19(14)5-4-18-6-8-22-9-7-18/h2-3,10-11H,4-9H2,1H3. The minimum Gasteiger partial charge on any atom is -0.495 e. The smallest absolute Gasteiger partial charge is 0.251 e. The van der Waals surface area contributed by atoms with E-state index in [4.69, 9.17) is 9.47 Å². The number of morpholine rings is 1. The van der Waals surface area contributed by atoms with Crippen LogP contribution in [0.15, 0.2) is 33.5 Å². The van der Waals surface area contributed by atoms with Gasteiger partial charge < -0.3 is 14.0 Å². The fourth-order valence-corrected chi connectivity index (χ4v) is 3.27. The zero-order chi connectivity index (χ0) is 15.5. The second-order valence-electron chi connectivity index (χ2n) is 5.32. The fourth-order valence-electron chi connectivity index (χ4n) is 2.75. The van der Waals surface area contributed by atoms with E-state index in [0.717, 1.165) is 54.0 Å². The van der Waals surface area contributed by atoms with Gasteiger partial charge >= 0.3 is 0 Å². The molecule has 0 amide bonds. The largest absolute Gasteiger partial charge is 0.495 e. The van der Waals surface area contributed by atoms with Crippen molar-refractivity contribution in [1.82, 2.24) is 9.47 Å². The van der Waals surface area contributed by atoms with E-state index >= 15 is 0 Å². The van der Waals surface area contributed by atoms with Gasteiger partial charge in [-0.2, -0.15) is 0 Å². The van der Waals surface area contributed by atoms with Crippen LogP contribution in [0.25, 0.3) is 10.9 Å². The number of fused-ring (bicyclic) bond motifs is 1. The van der Waals surface area contributed by atoms with E-state index in [-0.39, 0.29) is 5.56 Å². The lowest BCUT2D eigenvalue weighted by atomic mass is 10.2. The van der Waals surface area contributed by atoms with E-state index in [9.17, 15) is 4.79 Å². The molecule has 2 aromatic rings. The van der Waals surface area contributed by atoms with E-state index in [1.807, 2.05) is 22.8 Å². The van der Waals surface area contributed by atoms with Crippen molar-refractivity contribution in [2.45, 2.75) is 6.54 Å². The van der Waals surface area contributed by atoms with Crippen LogP contribution in [0.4, 0.5) is 0 Å². The molecular weight excluding hydrogens is 348 g/mol.